The van der Waals surface area contributed by atoms with Gasteiger partial charge in [-0.3, -0.25) is 4.79 Å². The minimum Gasteiger partial charge on any atom is -0.451 e. The zero-order chi connectivity index (χ0) is 17.2. The van der Waals surface area contributed by atoms with Gasteiger partial charge in [0.25, 0.3) is 0 Å². The molecule has 2 rings (SSSR count). The number of anilines is 1. The standard InChI is InChI=1S/C14H7F6NO2/c15-9-5-8(1-2-12(9)21-6-22)23-13-10(16)3-7(4-11(13)17)14(18,19)20/h1-6H,(H,21,22). The van der Waals surface area contributed by atoms with Gasteiger partial charge >= 0.3 is 6.18 Å². The highest BCUT2D eigenvalue weighted by atomic mass is 19.4. The second-order valence-corrected chi connectivity index (χ2v) is 4.27. The third-order valence-electron chi connectivity index (χ3n) is 2.70. The third kappa shape index (κ3) is 3.74. The van der Waals surface area contributed by atoms with E-state index < -0.39 is 34.9 Å². The predicted octanol–water partition coefficient (Wildman–Crippen LogP) is 4.48. The number of hydrogen-bond donors (Lipinski definition) is 1. The molecule has 0 heterocycles. The van der Waals surface area contributed by atoms with Crippen LogP contribution in [0.15, 0.2) is 30.3 Å². The van der Waals surface area contributed by atoms with Crippen molar-refractivity contribution in [3.05, 3.63) is 53.3 Å². The van der Waals surface area contributed by atoms with Crippen molar-refractivity contribution in [2.45, 2.75) is 6.18 Å². The van der Waals surface area contributed by atoms with Gasteiger partial charge in [0.2, 0.25) is 6.41 Å². The van der Waals surface area contributed by atoms with E-state index in [2.05, 4.69) is 0 Å². The van der Waals surface area contributed by atoms with Crippen molar-refractivity contribution in [1.82, 2.24) is 0 Å². The molecule has 0 aliphatic heterocycles. The summed E-state index contributed by atoms with van der Waals surface area (Å²) >= 11 is 0. The van der Waals surface area contributed by atoms with E-state index >= 15 is 0 Å². The first-order valence-electron chi connectivity index (χ1n) is 5.96. The molecule has 1 N–H and O–H groups in total. The summed E-state index contributed by atoms with van der Waals surface area (Å²) in [7, 11) is 0. The van der Waals surface area contributed by atoms with Crippen LogP contribution in [0.3, 0.4) is 0 Å². The van der Waals surface area contributed by atoms with Crippen LogP contribution in [0.4, 0.5) is 32.0 Å². The lowest BCUT2D eigenvalue weighted by Crippen LogP contribution is -2.07. The van der Waals surface area contributed by atoms with Crippen molar-refractivity contribution in [3.63, 3.8) is 0 Å². The van der Waals surface area contributed by atoms with Crippen molar-refractivity contribution in [2.75, 3.05) is 5.32 Å². The summed E-state index contributed by atoms with van der Waals surface area (Å²) in [5.41, 5.74) is -1.72. The van der Waals surface area contributed by atoms with Crippen LogP contribution >= 0.6 is 0 Å². The van der Waals surface area contributed by atoms with Gasteiger partial charge in [-0.05, 0) is 24.3 Å². The smallest absolute Gasteiger partial charge is 0.416 e. The number of ether oxygens (including phenoxy) is 1. The Morgan fingerprint density at radius 2 is 1.57 bits per heavy atom. The topological polar surface area (TPSA) is 38.3 Å². The maximum Gasteiger partial charge on any atom is 0.416 e. The second-order valence-electron chi connectivity index (χ2n) is 4.27. The quantitative estimate of drug-likeness (QED) is 0.661. The van der Waals surface area contributed by atoms with Gasteiger partial charge in [-0.2, -0.15) is 13.2 Å². The third-order valence-corrected chi connectivity index (χ3v) is 2.70. The van der Waals surface area contributed by atoms with Crippen LogP contribution in [0.1, 0.15) is 5.56 Å². The number of benzene rings is 2. The highest BCUT2D eigenvalue weighted by Crippen LogP contribution is 2.35. The lowest BCUT2D eigenvalue weighted by molar-refractivity contribution is -0.138. The Kier molecular flexibility index (Phi) is 4.48. The van der Waals surface area contributed by atoms with Gasteiger partial charge in [0.15, 0.2) is 17.4 Å². The molecule has 2 aromatic rings. The fraction of sp³-hybridized carbons (Fsp3) is 0.0714. The van der Waals surface area contributed by atoms with E-state index in [4.69, 9.17) is 4.74 Å². The molecule has 0 spiro atoms. The van der Waals surface area contributed by atoms with E-state index in [1.807, 2.05) is 5.32 Å². The number of hydrogen-bond acceptors (Lipinski definition) is 2. The molecule has 3 nitrogen and oxygen atoms in total. The van der Waals surface area contributed by atoms with Crippen LogP contribution in [-0.4, -0.2) is 6.41 Å². The Balaban J connectivity index is 2.34. The maximum absolute atomic E-state index is 13.6. The van der Waals surface area contributed by atoms with Crippen molar-refractivity contribution >= 4 is 12.1 Å². The monoisotopic (exact) mass is 335 g/mol. The molecule has 23 heavy (non-hydrogen) atoms. The van der Waals surface area contributed by atoms with Crippen molar-refractivity contribution in [2.24, 2.45) is 0 Å². The van der Waals surface area contributed by atoms with Crippen LogP contribution < -0.4 is 10.1 Å². The molecule has 9 heteroatoms. The Morgan fingerprint density at radius 3 is 2.04 bits per heavy atom. The molecular formula is C14H7F6NO2. The lowest BCUT2D eigenvalue weighted by Gasteiger charge is -2.12. The van der Waals surface area contributed by atoms with Crippen LogP contribution in [-0.2, 0) is 11.0 Å². The molecule has 0 bridgehead atoms. The Hall–Kier alpha value is -2.71. The van der Waals surface area contributed by atoms with E-state index in [0.29, 0.717) is 6.07 Å². The SMILES string of the molecule is O=CNc1ccc(Oc2c(F)cc(C(F)(F)F)cc2F)cc1F. The number of nitrogens with one attached hydrogen (secondary N) is 1. The average Bonchev–Trinajstić information content (AvgIpc) is 2.44. The molecule has 0 fully saturated rings. The maximum atomic E-state index is 13.6. The summed E-state index contributed by atoms with van der Waals surface area (Å²) in [4.78, 5) is 10.2. The van der Waals surface area contributed by atoms with Crippen molar-refractivity contribution in [3.8, 4) is 11.5 Å². The summed E-state index contributed by atoms with van der Waals surface area (Å²) in [6.07, 6.45) is -4.71. The second kappa shape index (κ2) is 6.19. The van der Waals surface area contributed by atoms with Crippen molar-refractivity contribution in [1.29, 1.82) is 0 Å². The normalized spacial score (nSPS) is 11.2. The minimum absolute atomic E-state index is 0.0666. The number of carbonyl (C=O) groups is 1. The zero-order valence-corrected chi connectivity index (χ0v) is 11.0. The number of halogens is 6. The van der Waals surface area contributed by atoms with E-state index in [1.165, 1.54) is 0 Å². The summed E-state index contributed by atoms with van der Waals surface area (Å²) in [6, 6.07) is 2.97. The number of rotatable bonds is 4. The van der Waals surface area contributed by atoms with Crippen LogP contribution in [0, 0.1) is 17.5 Å². The minimum atomic E-state index is -4.92. The Bertz CT molecular complexity index is 722. The van der Waals surface area contributed by atoms with Gasteiger partial charge in [-0.15, -0.1) is 0 Å². The molecular weight excluding hydrogens is 328 g/mol. The molecule has 0 aliphatic rings. The first-order chi connectivity index (χ1) is 10.7. The number of alkyl halides is 3. The van der Waals surface area contributed by atoms with Crippen LogP contribution in [0.5, 0.6) is 11.5 Å². The summed E-state index contributed by atoms with van der Waals surface area (Å²) in [6.45, 7) is 0. The molecule has 0 atom stereocenters. The summed E-state index contributed by atoms with van der Waals surface area (Å²) < 4.78 is 82.7. The first kappa shape index (κ1) is 16.7. The molecule has 0 radical (unpaired) electrons. The average molecular weight is 335 g/mol. The molecule has 0 unspecified atom stereocenters. The Morgan fingerprint density at radius 1 is 0.957 bits per heavy atom. The molecule has 0 aromatic heterocycles. The fourth-order valence-electron chi connectivity index (χ4n) is 1.68. The van der Waals surface area contributed by atoms with Crippen LogP contribution in [0.25, 0.3) is 0 Å². The molecule has 0 saturated heterocycles. The van der Waals surface area contributed by atoms with Gasteiger partial charge in [0.1, 0.15) is 11.6 Å². The van der Waals surface area contributed by atoms with E-state index in [1.54, 1.807) is 0 Å². The van der Waals surface area contributed by atoms with Gasteiger partial charge in [-0.25, -0.2) is 13.2 Å². The largest absolute Gasteiger partial charge is 0.451 e. The predicted molar refractivity (Wildman–Crippen MR) is 67.5 cm³/mol. The Labute approximate surface area is 125 Å². The highest BCUT2D eigenvalue weighted by molar-refractivity contribution is 5.71. The molecule has 1 amide bonds. The fourth-order valence-corrected chi connectivity index (χ4v) is 1.68. The summed E-state index contributed by atoms with van der Waals surface area (Å²) in [5.74, 6) is -5.60. The van der Waals surface area contributed by atoms with Gasteiger partial charge in [-0.1, -0.05) is 0 Å². The lowest BCUT2D eigenvalue weighted by atomic mass is 10.2. The van der Waals surface area contributed by atoms with Gasteiger partial charge < -0.3 is 10.1 Å². The molecule has 2 aromatic carbocycles. The molecule has 0 aliphatic carbocycles. The van der Waals surface area contributed by atoms with Crippen LogP contribution in [0.2, 0.25) is 0 Å². The summed E-state index contributed by atoms with van der Waals surface area (Å²) in [5, 5.41) is 2.03. The van der Waals surface area contributed by atoms with E-state index in [0.717, 1.165) is 12.1 Å². The van der Waals surface area contributed by atoms with Gasteiger partial charge in [0, 0.05) is 6.07 Å². The van der Waals surface area contributed by atoms with Gasteiger partial charge in [0.05, 0.1) is 11.3 Å². The highest BCUT2D eigenvalue weighted by Gasteiger charge is 2.33. The zero-order valence-electron chi connectivity index (χ0n) is 11.0. The van der Waals surface area contributed by atoms with E-state index in [-0.39, 0.29) is 30.0 Å². The number of carbonyl (C=O) groups excluding carboxylic acids is 1. The molecule has 0 saturated carbocycles. The van der Waals surface area contributed by atoms with Crippen molar-refractivity contribution < 1.29 is 35.9 Å². The number of amides is 1. The van der Waals surface area contributed by atoms with E-state index in [9.17, 15) is 31.1 Å². The molecule has 122 valence electrons. The first-order valence-corrected chi connectivity index (χ1v) is 5.96.